The van der Waals surface area contributed by atoms with Crippen LogP contribution in [-0.4, -0.2) is 33.0 Å². The lowest BCUT2D eigenvalue weighted by molar-refractivity contribution is 0.159. The number of hydrogen-bond acceptors (Lipinski definition) is 6. The standard InChI is InChI=1S/C20H21N3O2S2/c1-4-12-25-20(24)23-17-9-7-6-8-15(17)22-19(23)27-13-16-14(3)18(26-5-2)10-11-21-16/h4,6-11H,1,5,12-13H2,2-3H3. The van der Waals surface area contributed by atoms with Gasteiger partial charge in [-0.1, -0.05) is 43.5 Å². The Bertz CT molecular complexity index is 969. The molecule has 0 aliphatic rings. The van der Waals surface area contributed by atoms with Crippen LogP contribution in [0.4, 0.5) is 4.79 Å². The van der Waals surface area contributed by atoms with Crippen LogP contribution in [0.25, 0.3) is 11.0 Å². The number of aromatic nitrogens is 3. The lowest BCUT2D eigenvalue weighted by Crippen LogP contribution is -2.14. The Hall–Kier alpha value is -2.25. The average Bonchev–Trinajstić information content (AvgIpc) is 3.05. The number of fused-ring (bicyclic) bond motifs is 1. The molecular weight excluding hydrogens is 378 g/mol. The fourth-order valence-corrected chi connectivity index (χ4v) is 4.45. The number of rotatable bonds is 7. The number of hydrogen-bond donors (Lipinski definition) is 0. The monoisotopic (exact) mass is 399 g/mol. The van der Waals surface area contributed by atoms with Gasteiger partial charge in [0.15, 0.2) is 5.16 Å². The van der Waals surface area contributed by atoms with E-state index in [1.165, 1.54) is 26.8 Å². The van der Waals surface area contributed by atoms with Crippen LogP contribution < -0.4 is 0 Å². The Morgan fingerprint density at radius 2 is 2.11 bits per heavy atom. The van der Waals surface area contributed by atoms with Gasteiger partial charge in [-0.15, -0.1) is 11.8 Å². The van der Waals surface area contributed by atoms with Crippen LogP contribution in [0.15, 0.2) is 59.2 Å². The van der Waals surface area contributed by atoms with E-state index < -0.39 is 6.09 Å². The van der Waals surface area contributed by atoms with Crippen LogP contribution in [0, 0.1) is 6.92 Å². The summed E-state index contributed by atoms with van der Waals surface area (Å²) in [4.78, 5) is 22.9. The number of ether oxygens (including phenoxy) is 1. The molecule has 7 heteroatoms. The molecule has 3 aromatic rings. The first kappa shape index (κ1) is 19.5. The second-order valence-electron chi connectivity index (χ2n) is 5.69. The van der Waals surface area contributed by atoms with Crippen LogP contribution >= 0.6 is 23.5 Å². The highest BCUT2D eigenvalue weighted by molar-refractivity contribution is 7.99. The van der Waals surface area contributed by atoms with Gasteiger partial charge < -0.3 is 4.74 Å². The van der Waals surface area contributed by atoms with Crippen molar-refractivity contribution < 1.29 is 9.53 Å². The van der Waals surface area contributed by atoms with E-state index >= 15 is 0 Å². The lowest BCUT2D eigenvalue weighted by Gasteiger charge is -2.10. The van der Waals surface area contributed by atoms with E-state index in [1.807, 2.05) is 36.5 Å². The van der Waals surface area contributed by atoms with E-state index in [0.29, 0.717) is 10.9 Å². The summed E-state index contributed by atoms with van der Waals surface area (Å²) in [5.41, 5.74) is 3.66. The molecule has 1 aromatic carbocycles. The van der Waals surface area contributed by atoms with Gasteiger partial charge in [-0.25, -0.2) is 14.3 Å². The van der Waals surface area contributed by atoms with Gasteiger partial charge in [-0.05, 0) is 36.4 Å². The Balaban J connectivity index is 1.90. The normalized spacial score (nSPS) is 10.9. The quantitative estimate of drug-likeness (QED) is 0.396. The fourth-order valence-electron chi connectivity index (χ4n) is 2.62. The zero-order valence-electron chi connectivity index (χ0n) is 15.3. The van der Waals surface area contributed by atoms with Crippen LogP contribution in [0.5, 0.6) is 0 Å². The molecule has 0 spiro atoms. The van der Waals surface area contributed by atoms with Crippen molar-refractivity contribution >= 4 is 40.7 Å². The number of carbonyl (C=O) groups excluding carboxylic acids is 1. The van der Waals surface area contributed by atoms with Crippen molar-refractivity contribution in [1.29, 1.82) is 0 Å². The van der Waals surface area contributed by atoms with E-state index in [2.05, 4.69) is 30.4 Å². The maximum Gasteiger partial charge on any atom is 0.420 e. The molecule has 3 rings (SSSR count). The van der Waals surface area contributed by atoms with E-state index in [0.717, 1.165) is 22.5 Å². The van der Waals surface area contributed by atoms with E-state index in [9.17, 15) is 4.79 Å². The molecule has 0 atom stereocenters. The maximum atomic E-state index is 12.5. The number of thioether (sulfide) groups is 2. The number of para-hydroxylation sites is 2. The summed E-state index contributed by atoms with van der Waals surface area (Å²) in [5, 5.41) is 0.597. The van der Waals surface area contributed by atoms with E-state index in [-0.39, 0.29) is 6.61 Å². The van der Waals surface area contributed by atoms with Gasteiger partial charge in [0.25, 0.3) is 0 Å². The Labute approximate surface area is 167 Å². The van der Waals surface area contributed by atoms with Gasteiger partial charge in [0.1, 0.15) is 6.61 Å². The predicted molar refractivity (Wildman–Crippen MR) is 112 cm³/mol. The van der Waals surface area contributed by atoms with Crippen LogP contribution in [0.3, 0.4) is 0 Å². The molecule has 140 valence electrons. The summed E-state index contributed by atoms with van der Waals surface area (Å²) < 4.78 is 6.76. The van der Waals surface area contributed by atoms with Gasteiger partial charge >= 0.3 is 6.09 Å². The summed E-state index contributed by atoms with van der Waals surface area (Å²) >= 11 is 3.29. The first-order valence-electron chi connectivity index (χ1n) is 8.61. The Morgan fingerprint density at radius 1 is 1.30 bits per heavy atom. The maximum absolute atomic E-state index is 12.5. The molecule has 0 fully saturated rings. The van der Waals surface area contributed by atoms with Gasteiger partial charge in [-0.3, -0.25) is 4.98 Å². The van der Waals surface area contributed by atoms with Crippen LogP contribution in [0.2, 0.25) is 0 Å². The minimum absolute atomic E-state index is 0.159. The van der Waals surface area contributed by atoms with Crippen molar-refractivity contribution in [2.45, 2.75) is 29.7 Å². The molecule has 5 nitrogen and oxygen atoms in total. The molecule has 0 aliphatic carbocycles. The molecule has 0 saturated heterocycles. The SMILES string of the molecule is C=CCOC(=O)n1c(SCc2nccc(SCC)c2C)nc2ccccc21. The molecule has 0 N–H and O–H groups in total. The molecular formula is C20H21N3O2S2. The van der Waals surface area contributed by atoms with Crippen molar-refractivity contribution in [1.82, 2.24) is 14.5 Å². The third kappa shape index (κ3) is 4.36. The molecule has 2 aromatic heterocycles. The lowest BCUT2D eigenvalue weighted by atomic mass is 10.2. The summed E-state index contributed by atoms with van der Waals surface area (Å²) in [6.07, 6.45) is 2.93. The summed E-state index contributed by atoms with van der Waals surface area (Å²) in [7, 11) is 0. The fraction of sp³-hybridized carbons (Fsp3) is 0.250. The van der Waals surface area contributed by atoms with Crippen molar-refractivity contribution in [3.63, 3.8) is 0 Å². The first-order chi connectivity index (χ1) is 13.2. The minimum atomic E-state index is -0.453. The van der Waals surface area contributed by atoms with Crippen LogP contribution in [-0.2, 0) is 10.5 Å². The third-order valence-corrected chi connectivity index (χ3v) is 5.93. The highest BCUT2D eigenvalue weighted by Crippen LogP contribution is 2.30. The Kier molecular flexibility index (Phi) is 6.58. The van der Waals surface area contributed by atoms with Crippen molar-refractivity contribution in [2.24, 2.45) is 0 Å². The number of carbonyl (C=O) groups is 1. The second-order valence-corrected chi connectivity index (χ2v) is 7.93. The first-order valence-corrected chi connectivity index (χ1v) is 10.6. The van der Waals surface area contributed by atoms with Crippen molar-refractivity contribution in [2.75, 3.05) is 12.4 Å². The van der Waals surface area contributed by atoms with Crippen LogP contribution in [0.1, 0.15) is 18.2 Å². The Morgan fingerprint density at radius 3 is 2.89 bits per heavy atom. The van der Waals surface area contributed by atoms with E-state index in [4.69, 9.17) is 4.74 Å². The number of benzene rings is 1. The molecule has 0 amide bonds. The molecule has 0 unspecified atom stereocenters. The molecule has 0 radical (unpaired) electrons. The molecule has 0 aliphatic heterocycles. The number of pyridine rings is 1. The van der Waals surface area contributed by atoms with E-state index in [1.54, 1.807) is 17.8 Å². The largest absolute Gasteiger partial charge is 0.445 e. The van der Waals surface area contributed by atoms with Gasteiger partial charge in [0.05, 0.1) is 16.7 Å². The third-order valence-electron chi connectivity index (χ3n) is 3.93. The number of nitrogens with zero attached hydrogens (tertiary/aromatic N) is 3. The summed E-state index contributed by atoms with van der Waals surface area (Å²) in [6, 6.07) is 9.58. The molecule has 0 bridgehead atoms. The highest BCUT2D eigenvalue weighted by atomic mass is 32.2. The number of imidazole rings is 1. The molecule has 27 heavy (non-hydrogen) atoms. The smallest absolute Gasteiger partial charge is 0.420 e. The van der Waals surface area contributed by atoms with Crippen molar-refractivity contribution in [3.8, 4) is 0 Å². The van der Waals surface area contributed by atoms with Gasteiger partial charge in [0, 0.05) is 16.8 Å². The summed E-state index contributed by atoms with van der Waals surface area (Å²) in [5.74, 6) is 1.64. The van der Waals surface area contributed by atoms with Gasteiger partial charge in [0.2, 0.25) is 0 Å². The average molecular weight is 400 g/mol. The predicted octanol–water partition coefficient (Wildman–Crippen LogP) is 5.31. The second kappa shape index (κ2) is 9.10. The van der Waals surface area contributed by atoms with Crippen molar-refractivity contribution in [3.05, 3.63) is 60.4 Å². The molecule has 0 saturated carbocycles. The zero-order valence-corrected chi connectivity index (χ0v) is 17.0. The van der Waals surface area contributed by atoms with Gasteiger partial charge in [-0.2, -0.15) is 0 Å². The summed E-state index contributed by atoms with van der Waals surface area (Å²) in [6.45, 7) is 7.97. The molecule has 2 heterocycles. The highest BCUT2D eigenvalue weighted by Gasteiger charge is 2.19. The minimum Gasteiger partial charge on any atom is -0.445 e. The zero-order chi connectivity index (χ0) is 19.2. The topological polar surface area (TPSA) is 57.0 Å².